The van der Waals surface area contributed by atoms with Gasteiger partial charge in [-0.2, -0.15) is 0 Å². The Morgan fingerprint density at radius 2 is 1.51 bits per heavy atom. The van der Waals surface area contributed by atoms with Gasteiger partial charge in [-0.15, -0.1) is 23.2 Å². The molecule has 5 N–H and O–H groups in total. The summed E-state index contributed by atoms with van der Waals surface area (Å²) in [6.45, 7) is 12.4. The lowest BCUT2D eigenvalue weighted by Crippen LogP contribution is -2.63. The molecule has 2 saturated carbocycles. The molecular formula is C35H49Cl2N5O7. The van der Waals surface area contributed by atoms with E-state index >= 15 is 0 Å². The van der Waals surface area contributed by atoms with Gasteiger partial charge in [0.1, 0.15) is 28.6 Å². The number of hydrogen-bond acceptors (Lipinski definition) is 7. The molecule has 1 aromatic carbocycles. The van der Waals surface area contributed by atoms with Crippen molar-refractivity contribution in [1.82, 2.24) is 20.9 Å². The number of carbonyl (C=O) groups is 6. The highest BCUT2D eigenvalue weighted by atomic mass is 35.5. The molecular weight excluding hydrogens is 673 g/mol. The van der Waals surface area contributed by atoms with Crippen molar-refractivity contribution in [3.8, 4) is 0 Å². The lowest BCUT2D eigenvalue weighted by molar-refractivity contribution is -0.153. The number of rotatable bonds is 12. The second kappa shape index (κ2) is 14.5. The highest BCUT2D eigenvalue weighted by Crippen LogP contribution is 2.65. The second-order valence-corrected chi connectivity index (χ2v) is 17.2. The molecule has 1 heterocycles. The molecule has 14 heteroatoms. The summed E-state index contributed by atoms with van der Waals surface area (Å²) < 4.78 is 4.45. The number of nitrogens with one attached hydrogen (secondary N) is 3. The van der Waals surface area contributed by atoms with Gasteiger partial charge in [0, 0.05) is 18.4 Å². The molecule has 0 radical (unpaired) electrons. The molecule has 12 nitrogen and oxygen atoms in total. The molecule has 5 amide bonds. The number of nitrogens with two attached hydrogens (primary N) is 1. The number of benzene rings is 1. The number of amides is 5. The molecule has 3 aliphatic rings. The number of nitrogens with zero attached hydrogens (tertiary/aromatic N) is 1. The number of urea groups is 1. The fourth-order valence-electron chi connectivity index (χ4n) is 6.64. The molecule has 0 aromatic heterocycles. The van der Waals surface area contributed by atoms with E-state index in [1.165, 1.54) is 4.90 Å². The maximum absolute atomic E-state index is 14.3. The van der Waals surface area contributed by atoms with E-state index in [4.69, 9.17) is 33.7 Å². The molecule has 4 rings (SSSR count). The molecule has 1 aromatic rings. The van der Waals surface area contributed by atoms with Gasteiger partial charge in [0.05, 0.1) is 6.04 Å². The van der Waals surface area contributed by atoms with Crippen LogP contribution in [0.25, 0.3) is 0 Å². The van der Waals surface area contributed by atoms with Crippen LogP contribution in [0.4, 0.5) is 4.79 Å². The maximum Gasteiger partial charge on any atom is 0.329 e. The summed E-state index contributed by atoms with van der Waals surface area (Å²) in [5.41, 5.74) is 4.48. The lowest BCUT2D eigenvalue weighted by Gasteiger charge is -2.38. The van der Waals surface area contributed by atoms with E-state index in [0.717, 1.165) is 24.8 Å². The van der Waals surface area contributed by atoms with Crippen LogP contribution in [0.5, 0.6) is 0 Å². The van der Waals surface area contributed by atoms with Gasteiger partial charge in [-0.3, -0.25) is 19.2 Å². The van der Waals surface area contributed by atoms with E-state index in [2.05, 4.69) is 16.0 Å². The van der Waals surface area contributed by atoms with Crippen molar-refractivity contribution in [2.45, 2.75) is 109 Å². The number of likely N-dealkylation sites (tertiary alicyclic amines) is 1. The highest BCUT2D eigenvalue weighted by molar-refractivity contribution is 6.51. The van der Waals surface area contributed by atoms with Gasteiger partial charge >= 0.3 is 12.0 Å². The van der Waals surface area contributed by atoms with E-state index in [1.807, 2.05) is 30.3 Å². The highest BCUT2D eigenvalue weighted by Gasteiger charge is 2.74. The minimum Gasteiger partial charge on any atom is -0.456 e. The van der Waals surface area contributed by atoms with Gasteiger partial charge in [-0.05, 0) is 35.7 Å². The predicted octanol–water partition coefficient (Wildman–Crippen LogP) is 3.78. The summed E-state index contributed by atoms with van der Waals surface area (Å²) in [5.74, 6) is -4.85. The number of Topliss-reactive ketones (excluding diaryl/α,β-unsaturated/α-hetero) is 1. The van der Waals surface area contributed by atoms with Crippen LogP contribution >= 0.6 is 23.2 Å². The van der Waals surface area contributed by atoms with Crippen LogP contribution in [-0.4, -0.2) is 75.5 Å². The largest absolute Gasteiger partial charge is 0.456 e. The average Bonchev–Trinajstić information content (AvgIpc) is 3.30. The number of piperidine rings is 1. The minimum atomic E-state index is -1.27. The maximum atomic E-state index is 14.3. The average molecular weight is 723 g/mol. The Bertz CT molecular complexity index is 1450. The van der Waals surface area contributed by atoms with Crippen LogP contribution in [0.2, 0.25) is 0 Å². The summed E-state index contributed by atoms with van der Waals surface area (Å²) in [6, 6.07) is 3.88. The predicted molar refractivity (Wildman–Crippen MR) is 184 cm³/mol. The van der Waals surface area contributed by atoms with E-state index in [9.17, 15) is 28.8 Å². The first-order chi connectivity index (χ1) is 22.6. The van der Waals surface area contributed by atoms with E-state index in [0.29, 0.717) is 0 Å². The summed E-state index contributed by atoms with van der Waals surface area (Å²) in [5, 5.41) is 8.11. The van der Waals surface area contributed by atoms with Crippen molar-refractivity contribution in [3.05, 3.63) is 35.9 Å². The zero-order chi connectivity index (χ0) is 36.6. The first-order valence-electron chi connectivity index (χ1n) is 16.8. The van der Waals surface area contributed by atoms with Crippen LogP contribution < -0.4 is 21.7 Å². The number of ether oxygens (including phenoxy) is 1. The number of primary amides is 1. The molecule has 1 saturated heterocycles. The lowest BCUT2D eigenvalue weighted by atomic mass is 9.80. The molecule has 49 heavy (non-hydrogen) atoms. The summed E-state index contributed by atoms with van der Waals surface area (Å²) >= 11 is 13.0. The zero-order valence-electron chi connectivity index (χ0n) is 29.2. The third kappa shape index (κ3) is 8.68. The normalized spacial score (nSPS) is 23.9. The Morgan fingerprint density at radius 1 is 0.939 bits per heavy atom. The van der Waals surface area contributed by atoms with Gasteiger partial charge < -0.3 is 31.3 Å². The number of ketones is 1. The van der Waals surface area contributed by atoms with E-state index in [1.54, 1.807) is 48.5 Å². The molecule has 2 aliphatic carbocycles. The Hall–Kier alpha value is -3.38. The quantitative estimate of drug-likeness (QED) is 0.144. The zero-order valence-corrected chi connectivity index (χ0v) is 30.7. The monoisotopic (exact) mass is 721 g/mol. The van der Waals surface area contributed by atoms with Crippen LogP contribution in [0, 0.1) is 28.6 Å². The van der Waals surface area contributed by atoms with Crippen molar-refractivity contribution in [3.63, 3.8) is 0 Å². The minimum absolute atomic E-state index is 0.0375. The van der Waals surface area contributed by atoms with Crippen LogP contribution in [0.1, 0.15) is 85.8 Å². The molecule has 0 spiro atoms. The third-order valence-electron chi connectivity index (χ3n) is 9.88. The van der Waals surface area contributed by atoms with Gasteiger partial charge in [-0.1, -0.05) is 91.1 Å². The van der Waals surface area contributed by atoms with Crippen molar-refractivity contribution >= 4 is 58.7 Å². The molecule has 270 valence electrons. The van der Waals surface area contributed by atoms with Crippen LogP contribution in [0.15, 0.2) is 30.3 Å². The first-order valence-corrected chi connectivity index (χ1v) is 17.5. The molecule has 2 unspecified atom stereocenters. The number of esters is 1. The van der Waals surface area contributed by atoms with Gasteiger partial charge in [0.25, 0.3) is 5.91 Å². The molecule has 1 aliphatic heterocycles. The Balaban J connectivity index is 1.51. The van der Waals surface area contributed by atoms with E-state index in [-0.39, 0.29) is 18.9 Å². The summed E-state index contributed by atoms with van der Waals surface area (Å²) in [4.78, 5) is 80.9. The molecule has 0 bridgehead atoms. The topological polar surface area (TPSA) is 177 Å². The molecule has 7 atom stereocenters. The van der Waals surface area contributed by atoms with Gasteiger partial charge in [0.2, 0.25) is 17.6 Å². The number of fused-ring (bicyclic) bond motifs is 1. The standard InChI is InChI=1S/C35H49Cl2N5O7/c1-18(20-14-9-8-10-15-20)49-31(47)27(34(5,6)7)41-32(48)40-26(33(2,3)4)30(46)42-17-21-23(35(21,36)37)24(42)29(45)39-22(25(43)28(38)44)16-19-12-11-13-19/h8-10,14-15,18-19,21-24,26-27H,11-13,16-17H2,1-7H3,(H2,38,44)(H,39,45)(H2,40,41,48)/t18-,21-,22?,23-,24-,26+,27?/m0/s1. The van der Waals surface area contributed by atoms with Crippen molar-refractivity contribution in [2.75, 3.05) is 6.54 Å². The first kappa shape index (κ1) is 38.4. The second-order valence-electron chi connectivity index (χ2n) is 15.8. The third-order valence-corrected chi connectivity index (χ3v) is 10.9. The van der Waals surface area contributed by atoms with Gasteiger partial charge in [-0.25, -0.2) is 9.59 Å². The number of carbonyl (C=O) groups excluding carboxylic acids is 6. The summed E-state index contributed by atoms with van der Waals surface area (Å²) in [6.07, 6.45) is 2.41. The fraction of sp³-hybridized carbons (Fsp3) is 0.657. The van der Waals surface area contributed by atoms with E-state index < -0.39 is 92.8 Å². The Labute approximate surface area is 297 Å². The summed E-state index contributed by atoms with van der Waals surface area (Å²) in [7, 11) is 0. The van der Waals surface area contributed by atoms with Crippen molar-refractivity contribution < 1.29 is 33.5 Å². The van der Waals surface area contributed by atoms with Crippen LogP contribution in [-0.2, 0) is 28.7 Å². The Morgan fingerprint density at radius 3 is 2.02 bits per heavy atom. The van der Waals surface area contributed by atoms with Crippen molar-refractivity contribution in [1.29, 1.82) is 0 Å². The van der Waals surface area contributed by atoms with Gasteiger partial charge in [0.15, 0.2) is 0 Å². The number of halogens is 2. The smallest absolute Gasteiger partial charge is 0.329 e. The van der Waals surface area contributed by atoms with Crippen LogP contribution in [0.3, 0.4) is 0 Å². The molecule has 3 fully saturated rings. The number of alkyl halides is 2. The fourth-order valence-corrected chi connectivity index (χ4v) is 7.46. The van der Waals surface area contributed by atoms with Crippen molar-refractivity contribution in [2.24, 2.45) is 34.3 Å². The number of hydrogen-bond donors (Lipinski definition) is 4. The Kier molecular flexibility index (Phi) is 11.3. The SMILES string of the molecule is C[C@H](OC(=O)C(NC(=O)N[C@H](C(=O)N1C[C@H]2[C@@H]([C@H]1C(=O)NC(CC1CCC1)C(=O)C(N)=O)C2(Cl)Cl)C(C)(C)C)C(C)(C)C)c1ccccc1.